The molecule has 1 unspecified atom stereocenters. The normalized spacial score (nSPS) is 13.6. The van der Waals surface area contributed by atoms with E-state index in [4.69, 9.17) is 9.26 Å². The van der Waals surface area contributed by atoms with E-state index in [0.29, 0.717) is 16.9 Å². The van der Waals surface area contributed by atoms with Gasteiger partial charge in [0.2, 0.25) is 10.0 Å². The van der Waals surface area contributed by atoms with Crippen molar-refractivity contribution in [2.75, 3.05) is 5.32 Å². The van der Waals surface area contributed by atoms with Gasteiger partial charge in [0.25, 0.3) is 5.91 Å². The highest BCUT2D eigenvalue weighted by Crippen LogP contribution is 2.26. The third-order valence-corrected chi connectivity index (χ3v) is 6.61. The molecule has 0 bridgehead atoms. The zero-order chi connectivity index (χ0) is 22.8. The molecule has 0 aliphatic carbocycles. The molecule has 0 radical (unpaired) electrons. The number of ether oxygens (including phenoxy) is 1. The van der Waals surface area contributed by atoms with Gasteiger partial charge in [-0.15, -0.1) is 0 Å². The average molecular weight is 438 g/mol. The van der Waals surface area contributed by atoms with E-state index < -0.39 is 34.0 Å². The number of sulfonamides is 1. The highest BCUT2D eigenvalue weighted by molar-refractivity contribution is 7.89. The first kappa shape index (κ1) is 23.6. The minimum absolute atomic E-state index is 0.145. The molecule has 30 heavy (non-hydrogen) atoms. The summed E-state index contributed by atoms with van der Waals surface area (Å²) in [5.41, 5.74) is 2.90. The Labute approximate surface area is 176 Å². The van der Waals surface area contributed by atoms with Gasteiger partial charge < -0.3 is 14.6 Å². The quantitative estimate of drug-likeness (QED) is 0.637. The summed E-state index contributed by atoms with van der Waals surface area (Å²) in [5.74, 6) is -0.796. The second kappa shape index (κ2) is 8.97. The maximum absolute atomic E-state index is 12.9. The summed E-state index contributed by atoms with van der Waals surface area (Å²) < 4.78 is 38.2. The molecule has 0 saturated carbocycles. The lowest BCUT2D eigenvalue weighted by molar-refractivity contribution is -0.154. The van der Waals surface area contributed by atoms with Crippen LogP contribution in [0.1, 0.15) is 41.9 Å². The van der Waals surface area contributed by atoms with Gasteiger partial charge in [0.1, 0.15) is 11.8 Å². The van der Waals surface area contributed by atoms with Gasteiger partial charge in [-0.3, -0.25) is 9.59 Å². The molecule has 0 saturated heterocycles. The SMILES string of the molecule is Cc1cc(NC(=O)C(C)OC(=O)[C@H](C)NS(=O)(=O)c2c(C)c(C)cc(C)c2C)no1. The Kier molecular flexibility index (Phi) is 7.04. The molecule has 2 atom stereocenters. The number of esters is 1. The summed E-state index contributed by atoms with van der Waals surface area (Å²) in [4.78, 5) is 24.7. The van der Waals surface area contributed by atoms with Crippen LogP contribution in [-0.2, 0) is 24.3 Å². The molecule has 9 nitrogen and oxygen atoms in total. The van der Waals surface area contributed by atoms with Crippen molar-refractivity contribution in [1.82, 2.24) is 9.88 Å². The molecule has 2 aromatic rings. The summed E-state index contributed by atoms with van der Waals surface area (Å²) in [5, 5.41) is 6.07. The second-order valence-corrected chi connectivity index (χ2v) is 8.97. The number of anilines is 1. The predicted octanol–water partition coefficient (Wildman–Crippen LogP) is 2.45. The zero-order valence-corrected chi connectivity index (χ0v) is 18.9. The average Bonchev–Trinajstić information content (AvgIpc) is 3.04. The van der Waals surface area contributed by atoms with E-state index in [1.807, 2.05) is 19.9 Å². The number of amides is 1. The largest absolute Gasteiger partial charge is 0.451 e. The highest BCUT2D eigenvalue weighted by Gasteiger charge is 2.29. The van der Waals surface area contributed by atoms with Crippen LogP contribution in [-0.4, -0.2) is 37.6 Å². The third-order valence-electron chi connectivity index (χ3n) is 4.79. The van der Waals surface area contributed by atoms with Crippen molar-refractivity contribution in [1.29, 1.82) is 0 Å². The van der Waals surface area contributed by atoms with Gasteiger partial charge in [0, 0.05) is 6.07 Å². The number of carbonyl (C=O) groups excluding carboxylic acids is 2. The van der Waals surface area contributed by atoms with Crippen LogP contribution >= 0.6 is 0 Å². The molecule has 2 rings (SSSR count). The van der Waals surface area contributed by atoms with Crippen LogP contribution in [0.3, 0.4) is 0 Å². The van der Waals surface area contributed by atoms with Gasteiger partial charge in [0.05, 0.1) is 4.90 Å². The lowest BCUT2D eigenvalue weighted by Gasteiger charge is -2.20. The number of nitrogens with one attached hydrogen (secondary N) is 2. The standard InChI is InChI=1S/C20H27N3O6S/c1-10-8-11(2)14(5)18(13(10)4)30(26,27)23-15(6)20(25)28-16(7)19(24)21-17-9-12(3)29-22-17/h8-9,15-16,23H,1-7H3,(H,21,22,24)/t15-,16?/m0/s1. The lowest BCUT2D eigenvalue weighted by Crippen LogP contribution is -2.42. The summed E-state index contributed by atoms with van der Waals surface area (Å²) in [6, 6.07) is 2.23. The van der Waals surface area contributed by atoms with Gasteiger partial charge in [-0.2, -0.15) is 4.72 Å². The van der Waals surface area contributed by atoms with Crippen LogP contribution in [0.25, 0.3) is 0 Å². The topological polar surface area (TPSA) is 128 Å². The van der Waals surface area contributed by atoms with Crippen molar-refractivity contribution >= 4 is 27.7 Å². The number of hydrogen-bond acceptors (Lipinski definition) is 7. The van der Waals surface area contributed by atoms with E-state index in [2.05, 4.69) is 15.2 Å². The number of hydrogen-bond donors (Lipinski definition) is 2. The van der Waals surface area contributed by atoms with E-state index in [0.717, 1.165) is 11.1 Å². The van der Waals surface area contributed by atoms with Crippen LogP contribution in [0.2, 0.25) is 0 Å². The Morgan fingerprint density at radius 1 is 1.03 bits per heavy atom. The van der Waals surface area contributed by atoms with Crippen LogP contribution < -0.4 is 10.0 Å². The van der Waals surface area contributed by atoms with E-state index in [1.54, 1.807) is 20.8 Å². The fourth-order valence-corrected chi connectivity index (χ4v) is 4.71. The Bertz CT molecular complexity index is 1050. The van der Waals surface area contributed by atoms with E-state index >= 15 is 0 Å². The lowest BCUT2D eigenvalue weighted by atomic mass is 10.0. The first-order valence-corrected chi connectivity index (χ1v) is 10.9. The predicted molar refractivity (Wildman–Crippen MR) is 111 cm³/mol. The number of carbonyl (C=O) groups is 2. The van der Waals surface area contributed by atoms with Crippen molar-refractivity contribution in [3.63, 3.8) is 0 Å². The highest BCUT2D eigenvalue weighted by atomic mass is 32.2. The first-order chi connectivity index (χ1) is 13.8. The Morgan fingerprint density at radius 2 is 1.60 bits per heavy atom. The summed E-state index contributed by atoms with van der Waals surface area (Å²) >= 11 is 0. The molecule has 0 aliphatic heterocycles. The van der Waals surface area contributed by atoms with Gasteiger partial charge in [0.15, 0.2) is 11.9 Å². The molecular formula is C20H27N3O6S. The fourth-order valence-electron chi connectivity index (χ4n) is 2.91. The molecular weight excluding hydrogens is 410 g/mol. The number of rotatable bonds is 7. The molecule has 1 aromatic carbocycles. The Morgan fingerprint density at radius 3 is 2.10 bits per heavy atom. The van der Waals surface area contributed by atoms with Crippen molar-refractivity contribution in [3.8, 4) is 0 Å². The minimum atomic E-state index is -3.99. The van der Waals surface area contributed by atoms with E-state index in [9.17, 15) is 18.0 Å². The smallest absolute Gasteiger partial charge is 0.324 e. The fraction of sp³-hybridized carbons (Fsp3) is 0.450. The van der Waals surface area contributed by atoms with Gasteiger partial charge in [-0.1, -0.05) is 11.2 Å². The third kappa shape index (κ3) is 5.25. The molecule has 10 heteroatoms. The van der Waals surface area contributed by atoms with Crippen LogP contribution in [0.5, 0.6) is 0 Å². The molecule has 0 aliphatic rings. The van der Waals surface area contributed by atoms with E-state index in [-0.39, 0.29) is 10.7 Å². The zero-order valence-electron chi connectivity index (χ0n) is 18.1. The summed E-state index contributed by atoms with van der Waals surface area (Å²) in [7, 11) is -3.99. The Balaban J connectivity index is 2.09. The molecule has 0 spiro atoms. The summed E-state index contributed by atoms with van der Waals surface area (Å²) in [6.45, 7) is 11.5. The Hall–Kier alpha value is -2.72. The van der Waals surface area contributed by atoms with Gasteiger partial charge >= 0.3 is 5.97 Å². The van der Waals surface area contributed by atoms with Crippen molar-refractivity contribution in [2.24, 2.45) is 0 Å². The first-order valence-electron chi connectivity index (χ1n) is 9.38. The molecule has 1 heterocycles. The van der Waals surface area contributed by atoms with Gasteiger partial charge in [-0.25, -0.2) is 8.42 Å². The van der Waals surface area contributed by atoms with E-state index in [1.165, 1.54) is 19.9 Å². The van der Waals surface area contributed by atoms with Crippen molar-refractivity contribution < 1.29 is 27.3 Å². The van der Waals surface area contributed by atoms with Crippen LogP contribution in [0.15, 0.2) is 21.6 Å². The monoisotopic (exact) mass is 437 g/mol. The minimum Gasteiger partial charge on any atom is -0.451 e. The van der Waals surface area contributed by atoms with Crippen molar-refractivity contribution in [2.45, 2.75) is 65.5 Å². The molecule has 0 fully saturated rings. The number of aryl methyl sites for hydroxylation is 3. The number of aromatic nitrogens is 1. The second-order valence-electron chi connectivity index (χ2n) is 7.32. The molecule has 1 amide bonds. The van der Waals surface area contributed by atoms with Crippen molar-refractivity contribution in [3.05, 3.63) is 40.1 Å². The van der Waals surface area contributed by atoms with Gasteiger partial charge in [-0.05, 0) is 70.7 Å². The number of benzene rings is 1. The van der Waals surface area contributed by atoms with Crippen LogP contribution in [0.4, 0.5) is 5.82 Å². The molecule has 1 aromatic heterocycles. The maximum atomic E-state index is 12.9. The molecule has 2 N–H and O–H groups in total. The summed E-state index contributed by atoms with van der Waals surface area (Å²) in [6.07, 6.45) is -1.16. The number of nitrogens with zero attached hydrogens (tertiary/aromatic N) is 1. The molecule has 164 valence electrons. The maximum Gasteiger partial charge on any atom is 0.324 e. The van der Waals surface area contributed by atoms with Crippen LogP contribution in [0, 0.1) is 34.6 Å².